The molecule has 7 heteroatoms. The van der Waals surface area contributed by atoms with Crippen molar-refractivity contribution in [2.75, 3.05) is 6.61 Å². The van der Waals surface area contributed by atoms with Crippen LogP contribution in [0.15, 0.2) is 36.4 Å². The van der Waals surface area contributed by atoms with Crippen LogP contribution in [0.1, 0.15) is 32.1 Å². The number of carbonyl (C=O) groups excluding carboxylic acids is 3. The lowest BCUT2D eigenvalue weighted by Crippen LogP contribution is -2.41. The molecule has 25 heavy (non-hydrogen) atoms. The highest BCUT2D eigenvalue weighted by molar-refractivity contribution is 7.14. The van der Waals surface area contributed by atoms with E-state index in [2.05, 4.69) is 10.6 Å². The third-order valence-electron chi connectivity index (χ3n) is 3.83. The first-order valence-electron chi connectivity index (χ1n) is 8.02. The second-order valence-corrected chi connectivity index (χ2v) is 6.84. The van der Waals surface area contributed by atoms with Crippen molar-refractivity contribution in [2.45, 2.75) is 25.8 Å². The van der Waals surface area contributed by atoms with Gasteiger partial charge in [0.05, 0.1) is 0 Å². The van der Waals surface area contributed by atoms with Gasteiger partial charge in [-0.05, 0) is 36.5 Å². The van der Waals surface area contributed by atoms with Gasteiger partial charge in [0, 0.05) is 11.4 Å². The first-order valence-corrected chi connectivity index (χ1v) is 8.84. The second-order valence-electron chi connectivity index (χ2n) is 5.71. The number of urea groups is 1. The summed E-state index contributed by atoms with van der Waals surface area (Å²) in [7, 11) is 0. The number of amides is 3. The van der Waals surface area contributed by atoms with Crippen LogP contribution in [-0.2, 0) is 28.9 Å². The number of nitrogens with one attached hydrogen (secondary N) is 2. The lowest BCUT2D eigenvalue weighted by atomic mass is 10.2. The zero-order chi connectivity index (χ0) is 17.6. The Morgan fingerprint density at radius 3 is 2.68 bits per heavy atom. The number of aryl methyl sites for hydroxylation is 2. The van der Waals surface area contributed by atoms with Gasteiger partial charge in [0.15, 0.2) is 6.61 Å². The summed E-state index contributed by atoms with van der Waals surface area (Å²) < 4.78 is 4.97. The Hall–Kier alpha value is -2.67. The minimum Gasteiger partial charge on any atom is -0.451 e. The third kappa shape index (κ3) is 4.67. The van der Waals surface area contributed by atoms with Crippen LogP contribution in [0.25, 0.3) is 0 Å². The van der Waals surface area contributed by atoms with E-state index >= 15 is 0 Å². The summed E-state index contributed by atoms with van der Waals surface area (Å²) >= 11 is 1.42. The molecule has 0 saturated carbocycles. The number of esters is 1. The van der Waals surface area contributed by atoms with E-state index in [0.29, 0.717) is 11.4 Å². The quantitative estimate of drug-likeness (QED) is 0.804. The molecule has 0 unspecified atom stereocenters. The first-order chi connectivity index (χ1) is 12.1. The number of rotatable bonds is 5. The smallest absolute Gasteiger partial charge is 0.348 e. The summed E-state index contributed by atoms with van der Waals surface area (Å²) in [6.45, 7) is -0.180. The van der Waals surface area contributed by atoms with Crippen LogP contribution >= 0.6 is 11.3 Å². The number of ether oxygens (including phenoxy) is 1. The molecule has 1 aromatic heterocycles. The van der Waals surface area contributed by atoms with E-state index in [1.165, 1.54) is 21.8 Å². The molecule has 3 amide bonds. The van der Waals surface area contributed by atoms with Gasteiger partial charge in [0.2, 0.25) is 0 Å². The molecule has 0 saturated heterocycles. The average molecular weight is 358 g/mol. The molecular weight excluding hydrogens is 340 g/mol. The summed E-state index contributed by atoms with van der Waals surface area (Å²) in [5.41, 5.74) is 2.11. The van der Waals surface area contributed by atoms with Crippen LogP contribution in [0.3, 0.4) is 0 Å². The molecule has 1 heterocycles. The molecule has 1 aliphatic carbocycles. The molecule has 1 aliphatic rings. The molecule has 0 aliphatic heterocycles. The molecule has 2 aromatic rings. The highest BCUT2D eigenvalue weighted by atomic mass is 32.1. The van der Waals surface area contributed by atoms with Crippen molar-refractivity contribution in [1.29, 1.82) is 0 Å². The fraction of sp³-hybridized carbons (Fsp3) is 0.278. The van der Waals surface area contributed by atoms with Crippen LogP contribution in [0.5, 0.6) is 0 Å². The van der Waals surface area contributed by atoms with E-state index in [4.69, 9.17) is 4.74 Å². The predicted molar refractivity (Wildman–Crippen MR) is 93.4 cm³/mol. The molecule has 6 nitrogen and oxygen atoms in total. The molecule has 3 rings (SSSR count). The van der Waals surface area contributed by atoms with E-state index in [1.807, 2.05) is 36.4 Å². The Kier molecular flexibility index (Phi) is 5.45. The fourth-order valence-electron chi connectivity index (χ4n) is 2.62. The third-order valence-corrected chi connectivity index (χ3v) is 5.05. The van der Waals surface area contributed by atoms with Crippen molar-refractivity contribution < 1.29 is 19.1 Å². The van der Waals surface area contributed by atoms with Crippen molar-refractivity contribution in [3.8, 4) is 0 Å². The van der Waals surface area contributed by atoms with Crippen molar-refractivity contribution in [2.24, 2.45) is 0 Å². The Balaban J connectivity index is 1.39. The number of imide groups is 1. The monoisotopic (exact) mass is 358 g/mol. The molecule has 2 N–H and O–H groups in total. The molecule has 130 valence electrons. The van der Waals surface area contributed by atoms with Crippen molar-refractivity contribution >= 4 is 29.2 Å². The lowest BCUT2D eigenvalue weighted by Gasteiger charge is -2.07. The fourth-order valence-corrected chi connectivity index (χ4v) is 3.76. The maximum absolute atomic E-state index is 12.0. The summed E-state index contributed by atoms with van der Waals surface area (Å²) in [6, 6.07) is 10.5. The molecule has 0 fully saturated rings. The number of hydrogen-bond donors (Lipinski definition) is 2. The highest BCUT2D eigenvalue weighted by Crippen LogP contribution is 2.30. The maximum Gasteiger partial charge on any atom is 0.348 e. The standard InChI is InChI=1S/C18H18N2O4S/c21-16(20-18(23)19-10-12-5-2-1-3-6-12)11-24-17(22)15-9-13-7-4-8-14(13)25-15/h1-3,5-6,9H,4,7-8,10-11H2,(H2,19,20,21,23). The largest absolute Gasteiger partial charge is 0.451 e. The van der Waals surface area contributed by atoms with E-state index in [-0.39, 0.29) is 0 Å². The maximum atomic E-state index is 12.0. The lowest BCUT2D eigenvalue weighted by molar-refractivity contribution is -0.123. The number of benzene rings is 1. The number of fused-ring (bicyclic) bond motifs is 1. The number of thiophene rings is 1. The summed E-state index contributed by atoms with van der Waals surface area (Å²) in [5.74, 6) is -1.19. The van der Waals surface area contributed by atoms with Gasteiger partial charge in [0.1, 0.15) is 4.88 Å². The Bertz CT molecular complexity index is 764. The minimum absolute atomic E-state index is 0.306. The van der Waals surface area contributed by atoms with Gasteiger partial charge in [-0.25, -0.2) is 9.59 Å². The van der Waals surface area contributed by atoms with Gasteiger partial charge in [-0.3, -0.25) is 10.1 Å². The first kappa shape index (κ1) is 17.2. The highest BCUT2D eigenvalue weighted by Gasteiger charge is 2.20. The zero-order valence-corrected chi connectivity index (χ0v) is 14.4. The van der Waals surface area contributed by atoms with Crippen LogP contribution < -0.4 is 10.6 Å². The number of carbonyl (C=O) groups is 3. The molecular formula is C18H18N2O4S. The van der Waals surface area contributed by atoms with Crippen LogP contribution in [0.4, 0.5) is 4.79 Å². The van der Waals surface area contributed by atoms with E-state index in [1.54, 1.807) is 0 Å². The molecule has 0 atom stereocenters. The van der Waals surface area contributed by atoms with Crippen LogP contribution in [0, 0.1) is 0 Å². The SMILES string of the molecule is O=C(COC(=O)c1cc2c(s1)CCC2)NC(=O)NCc1ccccc1. The van der Waals surface area contributed by atoms with Crippen molar-refractivity contribution in [3.05, 3.63) is 57.3 Å². The van der Waals surface area contributed by atoms with E-state index in [0.717, 1.165) is 24.8 Å². The predicted octanol–water partition coefficient (Wildman–Crippen LogP) is 2.42. The van der Waals surface area contributed by atoms with Gasteiger partial charge >= 0.3 is 12.0 Å². The normalized spacial score (nSPS) is 12.3. The van der Waals surface area contributed by atoms with Gasteiger partial charge in [-0.15, -0.1) is 11.3 Å². The second kappa shape index (κ2) is 7.94. The Labute approximate surface area is 149 Å². The topological polar surface area (TPSA) is 84.5 Å². The Morgan fingerprint density at radius 1 is 1.12 bits per heavy atom. The van der Waals surface area contributed by atoms with Crippen molar-refractivity contribution in [3.63, 3.8) is 0 Å². The summed E-state index contributed by atoms with van der Waals surface area (Å²) in [5, 5.41) is 4.70. The van der Waals surface area contributed by atoms with E-state index < -0.39 is 24.5 Å². The number of hydrogen-bond acceptors (Lipinski definition) is 5. The summed E-state index contributed by atoms with van der Waals surface area (Å²) in [4.78, 5) is 37.0. The summed E-state index contributed by atoms with van der Waals surface area (Å²) in [6.07, 6.45) is 3.10. The Morgan fingerprint density at radius 2 is 1.92 bits per heavy atom. The zero-order valence-electron chi connectivity index (χ0n) is 13.5. The molecule has 0 radical (unpaired) electrons. The van der Waals surface area contributed by atoms with Crippen molar-refractivity contribution in [1.82, 2.24) is 10.6 Å². The average Bonchev–Trinajstić information content (AvgIpc) is 3.21. The van der Waals surface area contributed by atoms with Gasteiger partial charge < -0.3 is 10.1 Å². The van der Waals surface area contributed by atoms with Gasteiger partial charge in [0.25, 0.3) is 5.91 Å². The minimum atomic E-state index is -0.664. The van der Waals surface area contributed by atoms with Gasteiger partial charge in [-0.2, -0.15) is 0 Å². The van der Waals surface area contributed by atoms with Crippen LogP contribution in [-0.4, -0.2) is 24.5 Å². The van der Waals surface area contributed by atoms with Crippen LogP contribution in [0.2, 0.25) is 0 Å². The van der Waals surface area contributed by atoms with Gasteiger partial charge in [-0.1, -0.05) is 30.3 Å². The molecule has 0 bridgehead atoms. The molecule has 1 aromatic carbocycles. The van der Waals surface area contributed by atoms with E-state index in [9.17, 15) is 14.4 Å². The molecule has 0 spiro atoms.